The zero-order valence-corrected chi connectivity index (χ0v) is 8.22. The van der Waals surface area contributed by atoms with E-state index in [1.807, 2.05) is 0 Å². The number of hydrogen-bond acceptors (Lipinski definition) is 4. The molecule has 0 aromatic carbocycles. The standard InChI is InChI=1S/C10H7FN4O/c11-9-2-1-8(7-14-9)10(16)15(5-3-12)6-4-13/h1-2,7H,5-6H2. The van der Waals surface area contributed by atoms with Crippen LogP contribution >= 0.6 is 0 Å². The van der Waals surface area contributed by atoms with Gasteiger partial charge in [-0.15, -0.1) is 0 Å². The molecule has 0 fully saturated rings. The smallest absolute Gasteiger partial charge is 0.257 e. The van der Waals surface area contributed by atoms with Crippen molar-refractivity contribution < 1.29 is 9.18 Å². The Morgan fingerprint density at radius 3 is 2.44 bits per heavy atom. The Morgan fingerprint density at radius 1 is 1.38 bits per heavy atom. The van der Waals surface area contributed by atoms with Gasteiger partial charge >= 0.3 is 0 Å². The minimum absolute atomic E-state index is 0.145. The van der Waals surface area contributed by atoms with Crippen molar-refractivity contribution >= 4 is 5.91 Å². The Labute approximate surface area is 91.3 Å². The number of aromatic nitrogens is 1. The summed E-state index contributed by atoms with van der Waals surface area (Å²) in [5, 5.41) is 16.9. The molecule has 1 heterocycles. The van der Waals surface area contributed by atoms with Crippen molar-refractivity contribution in [2.75, 3.05) is 13.1 Å². The Balaban J connectivity index is 2.87. The van der Waals surface area contributed by atoms with Gasteiger partial charge < -0.3 is 4.90 Å². The normalized spacial score (nSPS) is 8.94. The number of nitrogens with zero attached hydrogens (tertiary/aromatic N) is 4. The minimum Gasteiger partial charge on any atom is -0.312 e. The largest absolute Gasteiger partial charge is 0.312 e. The highest BCUT2D eigenvalue weighted by Gasteiger charge is 2.15. The highest BCUT2D eigenvalue weighted by atomic mass is 19.1. The predicted molar refractivity (Wildman–Crippen MR) is 51.3 cm³/mol. The molecule has 16 heavy (non-hydrogen) atoms. The van der Waals surface area contributed by atoms with Crippen molar-refractivity contribution in [1.82, 2.24) is 9.88 Å². The fourth-order valence-electron chi connectivity index (χ4n) is 1.06. The second-order valence-corrected chi connectivity index (χ2v) is 2.85. The minimum atomic E-state index is -0.691. The molecule has 0 bridgehead atoms. The van der Waals surface area contributed by atoms with E-state index in [9.17, 15) is 9.18 Å². The summed E-state index contributed by atoms with van der Waals surface area (Å²) in [6, 6.07) is 5.85. The van der Waals surface area contributed by atoms with Gasteiger partial charge in [-0.25, -0.2) is 4.98 Å². The van der Waals surface area contributed by atoms with Crippen LogP contribution in [0.1, 0.15) is 10.4 Å². The maximum atomic E-state index is 12.5. The van der Waals surface area contributed by atoms with Gasteiger partial charge in [0.15, 0.2) is 0 Å². The monoisotopic (exact) mass is 218 g/mol. The van der Waals surface area contributed by atoms with Gasteiger partial charge in [0, 0.05) is 6.20 Å². The van der Waals surface area contributed by atoms with Gasteiger partial charge in [0.25, 0.3) is 5.91 Å². The first-order chi connectivity index (χ1) is 7.69. The molecule has 1 aromatic rings. The molecule has 0 aliphatic carbocycles. The third kappa shape index (κ3) is 2.76. The summed E-state index contributed by atoms with van der Waals surface area (Å²) >= 11 is 0. The van der Waals surface area contributed by atoms with Crippen molar-refractivity contribution in [2.45, 2.75) is 0 Å². The third-order valence-electron chi connectivity index (χ3n) is 1.78. The summed E-state index contributed by atoms with van der Waals surface area (Å²) in [7, 11) is 0. The number of amides is 1. The molecular formula is C10H7FN4O. The van der Waals surface area contributed by atoms with Crippen LogP contribution in [0, 0.1) is 28.6 Å². The first-order valence-electron chi connectivity index (χ1n) is 4.33. The van der Waals surface area contributed by atoms with Gasteiger partial charge in [-0.2, -0.15) is 14.9 Å². The lowest BCUT2D eigenvalue weighted by atomic mass is 10.2. The highest BCUT2D eigenvalue weighted by Crippen LogP contribution is 2.04. The molecule has 0 aliphatic heterocycles. The molecule has 80 valence electrons. The first kappa shape index (κ1) is 11.6. The SMILES string of the molecule is N#CCN(CC#N)C(=O)c1ccc(F)nc1. The molecule has 1 rings (SSSR count). The van der Waals surface area contributed by atoms with Crippen molar-refractivity contribution in [3.05, 3.63) is 29.8 Å². The Bertz CT molecular complexity index is 441. The highest BCUT2D eigenvalue weighted by molar-refractivity contribution is 5.94. The number of carbonyl (C=O) groups is 1. The van der Waals surface area contributed by atoms with Crippen molar-refractivity contribution in [1.29, 1.82) is 10.5 Å². The second-order valence-electron chi connectivity index (χ2n) is 2.85. The molecule has 6 heteroatoms. The zero-order chi connectivity index (χ0) is 12.0. The number of carbonyl (C=O) groups excluding carboxylic acids is 1. The number of halogens is 1. The van der Waals surface area contributed by atoms with Gasteiger partial charge in [-0.05, 0) is 12.1 Å². The Kier molecular flexibility index (Phi) is 3.93. The fourth-order valence-corrected chi connectivity index (χ4v) is 1.06. The Morgan fingerprint density at radius 2 is 2.00 bits per heavy atom. The van der Waals surface area contributed by atoms with Crippen molar-refractivity contribution in [3.8, 4) is 12.1 Å². The van der Waals surface area contributed by atoms with Gasteiger partial charge in [-0.3, -0.25) is 4.79 Å². The van der Waals surface area contributed by atoms with Crippen molar-refractivity contribution in [2.24, 2.45) is 0 Å². The molecular weight excluding hydrogens is 211 g/mol. The molecule has 0 saturated heterocycles. The second kappa shape index (κ2) is 5.42. The average molecular weight is 218 g/mol. The van der Waals surface area contributed by atoms with E-state index in [4.69, 9.17) is 10.5 Å². The van der Waals surface area contributed by atoms with Crippen LogP contribution in [0.25, 0.3) is 0 Å². The average Bonchev–Trinajstić information content (AvgIpc) is 2.29. The molecule has 0 N–H and O–H groups in total. The van der Waals surface area contributed by atoms with Crippen LogP contribution in [-0.2, 0) is 0 Å². The number of nitriles is 2. The maximum absolute atomic E-state index is 12.5. The van der Waals surface area contributed by atoms with Gasteiger partial charge in [0.2, 0.25) is 5.95 Å². The van der Waals surface area contributed by atoms with Crippen molar-refractivity contribution in [3.63, 3.8) is 0 Å². The molecule has 0 spiro atoms. The van der Waals surface area contributed by atoms with Crippen LogP contribution < -0.4 is 0 Å². The van der Waals surface area contributed by atoms with E-state index in [1.165, 1.54) is 6.07 Å². The fraction of sp³-hybridized carbons (Fsp3) is 0.200. The maximum Gasteiger partial charge on any atom is 0.257 e. The summed E-state index contributed by atoms with van der Waals surface area (Å²) in [5.74, 6) is -1.21. The topological polar surface area (TPSA) is 80.8 Å². The molecule has 0 atom stereocenters. The lowest BCUT2D eigenvalue weighted by Gasteiger charge is -2.15. The molecule has 0 aliphatic rings. The van der Waals surface area contributed by atoms with Gasteiger partial charge in [0.05, 0.1) is 17.7 Å². The molecule has 5 nitrogen and oxygen atoms in total. The van der Waals surface area contributed by atoms with Crippen LogP contribution in [-0.4, -0.2) is 28.9 Å². The quantitative estimate of drug-likeness (QED) is 0.552. The van der Waals surface area contributed by atoms with E-state index in [-0.39, 0.29) is 18.7 Å². The molecule has 1 aromatic heterocycles. The van der Waals surface area contributed by atoms with E-state index in [1.54, 1.807) is 12.1 Å². The van der Waals surface area contributed by atoms with Crippen LogP contribution in [0.3, 0.4) is 0 Å². The lowest BCUT2D eigenvalue weighted by Crippen LogP contribution is -2.31. The Hall–Kier alpha value is -2.47. The number of rotatable bonds is 3. The predicted octanol–water partition coefficient (Wildman–Crippen LogP) is 0.710. The number of hydrogen-bond donors (Lipinski definition) is 0. The summed E-state index contributed by atoms with van der Waals surface area (Å²) in [4.78, 5) is 16.1. The van der Waals surface area contributed by atoms with E-state index < -0.39 is 11.9 Å². The summed E-state index contributed by atoms with van der Waals surface area (Å²) in [5.41, 5.74) is 0.145. The van der Waals surface area contributed by atoms with E-state index in [2.05, 4.69) is 4.98 Å². The van der Waals surface area contributed by atoms with E-state index in [0.717, 1.165) is 17.2 Å². The van der Waals surface area contributed by atoms with Gasteiger partial charge in [0.1, 0.15) is 13.1 Å². The zero-order valence-electron chi connectivity index (χ0n) is 8.22. The van der Waals surface area contributed by atoms with Crippen LogP contribution in [0.4, 0.5) is 4.39 Å². The van der Waals surface area contributed by atoms with Crippen LogP contribution in [0.2, 0.25) is 0 Å². The molecule has 0 radical (unpaired) electrons. The third-order valence-corrected chi connectivity index (χ3v) is 1.78. The van der Waals surface area contributed by atoms with E-state index in [0.29, 0.717) is 0 Å². The molecule has 1 amide bonds. The lowest BCUT2D eigenvalue weighted by molar-refractivity contribution is 0.0794. The van der Waals surface area contributed by atoms with E-state index >= 15 is 0 Å². The first-order valence-corrected chi connectivity index (χ1v) is 4.33. The summed E-state index contributed by atoms with van der Waals surface area (Å²) < 4.78 is 12.5. The molecule has 0 unspecified atom stereocenters. The van der Waals surface area contributed by atoms with Gasteiger partial charge in [-0.1, -0.05) is 0 Å². The molecule has 0 saturated carbocycles. The summed E-state index contributed by atoms with van der Waals surface area (Å²) in [6.07, 6.45) is 1.07. The van der Waals surface area contributed by atoms with Crippen LogP contribution in [0.5, 0.6) is 0 Å². The van der Waals surface area contributed by atoms with Crippen LogP contribution in [0.15, 0.2) is 18.3 Å². The summed E-state index contributed by atoms with van der Waals surface area (Å²) in [6.45, 7) is -0.381. The number of pyridine rings is 1.